The molecule has 1 unspecified atom stereocenters. The maximum Gasteiger partial charge on any atom is 0.482 e. The number of carbonyl (C=O) groups is 4. The van der Waals surface area contributed by atoms with Crippen LogP contribution in [0.25, 0.3) is 11.1 Å². The Hall–Kier alpha value is -5.00. The molecule has 0 bridgehead atoms. The molecule has 4 amide bonds. The number of likely N-dealkylation sites (tertiary alicyclic amines) is 1. The summed E-state index contributed by atoms with van der Waals surface area (Å²) in [5.41, 5.74) is 2.81. The summed E-state index contributed by atoms with van der Waals surface area (Å²) in [6.07, 6.45) is -2.60. The molecule has 2 aliphatic heterocycles. The average Bonchev–Trinajstić information content (AvgIpc) is 3.91. The summed E-state index contributed by atoms with van der Waals surface area (Å²) in [5.74, 6) is -3.25. The lowest BCUT2D eigenvalue weighted by Gasteiger charge is -2.41. The van der Waals surface area contributed by atoms with E-state index in [-0.39, 0.29) is 54.8 Å². The highest BCUT2D eigenvalue weighted by Gasteiger charge is 2.51. The van der Waals surface area contributed by atoms with Gasteiger partial charge in [-0.05, 0) is 80.8 Å². The van der Waals surface area contributed by atoms with Crippen LogP contribution in [0.4, 0.5) is 25.0 Å². The minimum absolute atomic E-state index is 0.0572. The number of amides is 4. The molecule has 1 aliphatic carbocycles. The SMILES string of the molecule is CC(=O)NCCN1C(=O)C(F)(F)Oc2ccc(N(C(=O)C3CN(C(=O)OC(C)(C)C)CC[C@@H]3c3cccc(-c4ccccc4)c3)C3CC3)cc21. The fourth-order valence-corrected chi connectivity index (χ4v) is 6.67. The average molecular weight is 689 g/mol. The largest absolute Gasteiger partial charge is 0.482 e. The summed E-state index contributed by atoms with van der Waals surface area (Å²) in [6, 6.07) is 22.3. The molecule has 6 rings (SSSR count). The Morgan fingerprint density at radius 1 is 0.980 bits per heavy atom. The van der Waals surface area contributed by atoms with Crippen LogP contribution in [0, 0.1) is 5.92 Å². The number of piperidine rings is 1. The van der Waals surface area contributed by atoms with Gasteiger partial charge in [0.25, 0.3) is 0 Å². The Bertz CT molecular complexity index is 1770. The number of hydrogen-bond acceptors (Lipinski definition) is 6. The molecule has 2 atom stereocenters. The number of rotatable bonds is 8. The van der Waals surface area contributed by atoms with Crippen LogP contribution in [0.3, 0.4) is 0 Å². The first kappa shape index (κ1) is 34.8. The molecule has 1 saturated carbocycles. The van der Waals surface area contributed by atoms with Crippen molar-refractivity contribution in [1.82, 2.24) is 10.2 Å². The monoisotopic (exact) mass is 688 g/mol. The standard InChI is InChI=1S/C38H42F2N4O6/c1-24(45)41-18-20-43-32-22-29(15-16-33(32)49-38(39,40)35(43)47)44(28-13-14-28)34(46)31-23-42(36(48)50-37(2,3)4)19-17-30(31)27-12-8-11-26(21-27)25-9-6-5-7-10-25/h5-12,15-16,21-22,28,30-31H,13-14,17-20,23H2,1-4H3,(H,41,45)/t30-,31?/m1/s1. The summed E-state index contributed by atoms with van der Waals surface area (Å²) < 4.78 is 39.7. The maximum atomic E-state index is 14.9. The molecule has 10 nitrogen and oxygen atoms in total. The Labute approximate surface area is 290 Å². The van der Waals surface area contributed by atoms with Gasteiger partial charge in [-0.1, -0.05) is 54.6 Å². The first-order chi connectivity index (χ1) is 23.7. The van der Waals surface area contributed by atoms with Crippen LogP contribution in [0.5, 0.6) is 5.75 Å². The van der Waals surface area contributed by atoms with Gasteiger partial charge in [0.1, 0.15) is 5.60 Å². The minimum Gasteiger partial charge on any atom is -0.444 e. The number of alkyl halides is 2. The molecule has 50 heavy (non-hydrogen) atoms. The maximum absolute atomic E-state index is 14.9. The molecule has 12 heteroatoms. The zero-order chi connectivity index (χ0) is 35.8. The number of anilines is 2. The van der Waals surface area contributed by atoms with Gasteiger partial charge in [-0.25, -0.2) is 4.79 Å². The molecule has 3 aliphatic rings. The van der Waals surface area contributed by atoms with Crippen molar-refractivity contribution in [2.45, 2.75) is 70.6 Å². The van der Waals surface area contributed by atoms with Gasteiger partial charge in [0, 0.05) is 44.8 Å². The summed E-state index contributed by atoms with van der Waals surface area (Å²) in [6.45, 7) is 6.92. The third-order valence-electron chi connectivity index (χ3n) is 9.11. The van der Waals surface area contributed by atoms with Crippen LogP contribution in [0.15, 0.2) is 72.8 Å². The number of ether oxygens (including phenoxy) is 2. The van der Waals surface area contributed by atoms with Gasteiger partial charge in [-0.15, -0.1) is 0 Å². The molecule has 1 N–H and O–H groups in total. The molecule has 3 aromatic rings. The predicted molar refractivity (Wildman–Crippen MR) is 184 cm³/mol. The second-order valence-corrected chi connectivity index (χ2v) is 14.1. The summed E-state index contributed by atoms with van der Waals surface area (Å²) in [7, 11) is 0. The quantitative estimate of drug-likeness (QED) is 0.296. The fraction of sp³-hybridized carbons (Fsp3) is 0.421. The highest BCUT2D eigenvalue weighted by Crippen LogP contribution is 2.45. The van der Waals surface area contributed by atoms with E-state index in [1.165, 1.54) is 19.1 Å². The topological polar surface area (TPSA) is 108 Å². The summed E-state index contributed by atoms with van der Waals surface area (Å²) in [4.78, 5) is 56.7. The summed E-state index contributed by atoms with van der Waals surface area (Å²) >= 11 is 0. The van der Waals surface area contributed by atoms with E-state index < -0.39 is 29.6 Å². The lowest BCUT2D eigenvalue weighted by Crippen LogP contribution is -2.53. The van der Waals surface area contributed by atoms with Crippen molar-refractivity contribution in [1.29, 1.82) is 0 Å². The van der Waals surface area contributed by atoms with Crippen LogP contribution in [-0.4, -0.2) is 72.6 Å². The smallest absolute Gasteiger partial charge is 0.444 e. The predicted octanol–water partition coefficient (Wildman–Crippen LogP) is 6.34. The lowest BCUT2D eigenvalue weighted by molar-refractivity contribution is -0.192. The van der Waals surface area contributed by atoms with E-state index in [9.17, 15) is 28.0 Å². The van der Waals surface area contributed by atoms with Crippen LogP contribution < -0.4 is 19.9 Å². The Morgan fingerprint density at radius 3 is 2.38 bits per heavy atom. The van der Waals surface area contributed by atoms with E-state index in [2.05, 4.69) is 11.4 Å². The van der Waals surface area contributed by atoms with E-state index in [0.29, 0.717) is 18.7 Å². The fourth-order valence-electron chi connectivity index (χ4n) is 6.67. The van der Waals surface area contributed by atoms with Gasteiger partial charge in [-0.3, -0.25) is 19.3 Å². The van der Waals surface area contributed by atoms with Crippen LogP contribution in [0.2, 0.25) is 0 Å². The first-order valence-corrected chi connectivity index (χ1v) is 17.0. The minimum atomic E-state index is -4.09. The highest BCUT2D eigenvalue weighted by atomic mass is 19.3. The molecule has 0 spiro atoms. The van der Waals surface area contributed by atoms with E-state index in [0.717, 1.165) is 34.4 Å². The molecule has 2 fully saturated rings. The zero-order valence-electron chi connectivity index (χ0n) is 28.7. The Kier molecular flexibility index (Phi) is 9.56. The van der Waals surface area contributed by atoms with Crippen molar-refractivity contribution in [2.75, 3.05) is 36.0 Å². The Balaban J connectivity index is 1.36. The number of halogens is 2. The van der Waals surface area contributed by atoms with Crippen molar-refractivity contribution in [3.8, 4) is 16.9 Å². The third-order valence-corrected chi connectivity index (χ3v) is 9.11. The highest BCUT2D eigenvalue weighted by molar-refractivity contribution is 6.03. The zero-order valence-corrected chi connectivity index (χ0v) is 28.7. The number of fused-ring (bicyclic) bond motifs is 1. The van der Waals surface area contributed by atoms with Gasteiger partial charge in [0.05, 0.1) is 11.6 Å². The van der Waals surface area contributed by atoms with E-state index in [1.54, 1.807) is 36.6 Å². The first-order valence-electron chi connectivity index (χ1n) is 17.0. The number of benzene rings is 3. The number of nitrogens with zero attached hydrogens (tertiary/aromatic N) is 3. The van der Waals surface area contributed by atoms with Crippen molar-refractivity contribution >= 4 is 35.2 Å². The van der Waals surface area contributed by atoms with Gasteiger partial charge >= 0.3 is 18.1 Å². The molecule has 3 aromatic carbocycles. The molecule has 2 heterocycles. The van der Waals surface area contributed by atoms with Gasteiger partial charge < -0.3 is 24.6 Å². The molecule has 1 saturated heterocycles. The Morgan fingerprint density at radius 2 is 1.70 bits per heavy atom. The normalized spacial score (nSPS) is 20.0. The lowest BCUT2D eigenvalue weighted by atomic mass is 9.79. The molecule has 0 aromatic heterocycles. The van der Waals surface area contributed by atoms with Crippen LogP contribution in [-0.2, 0) is 19.1 Å². The molecule has 264 valence electrons. The van der Waals surface area contributed by atoms with Crippen molar-refractivity contribution in [3.63, 3.8) is 0 Å². The summed E-state index contributed by atoms with van der Waals surface area (Å²) in [5, 5.41) is 2.53. The molecular weight excluding hydrogens is 646 g/mol. The molecular formula is C38H42F2N4O6. The van der Waals surface area contributed by atoms with E-state index in [4.69, 9.17) is 9.47 Å². The third kappa shape index (κ3) is 7.59. The second-order valence-electron chi connectivity index (χ2n) is 14.1. The molecule has 0 radical (unpaired) electrons. The number of nitrogens with one attached hydrogen (secondary N) is 1. The van der Waals surface area contributed by atoms with Crippen LogP contribution in [0.1, 0.15) is 58.4 Å². The van der Waals surface area contributed by atoms with Crippen molar-refractivity contribution in [2.24, 2.45) is 5.92 Å². The van der Waals surface area contributed by atoms with Crippen molar-refractivity contribution in [3.05, 3.63) is 78.4 Å². The van der Waals surface area contributed by atoms with Gasteiger partial charge in [-0.2, -0.15) is 8.78 Å². The van der Waals surface area contributed by atoms with E-state index >= 15 is 0 Å². The van der Waals surface area contributed by atoms with Crippen LogP contribution >= 0.6 is 0 Å². The number of carbonyl (C=O) groups excluding carboxylic acids is 4. The van der Waals surface area contributed by atoms with E-state index in [1.807, 2.05) is 48.5 Å². The second kappa shape index (κ2) is 13.7. The van der Waals surface area contributed by atoms with Gasteiger partial charge in [0.15, 0.2) is 5.75 Å². The van der Waals surface area contributed by atoms with Crippen molar-refractivity contribution < 1.29 is 37.4 Å². The number of hydrogen-bond donors (Lipinski definition) is 1. The van der Waals surface area contributed by atoms with Gasteiger partial charge in [0.2, 0.25) is 11.8 Å².